The van der Waals surface area contributed by atoms with Gasteiger partial charge in [0.05, 0.1) is 12.2 Å². The summed E-state index contributed by atoms with van der Waals surface area (Å²) in [6, 6.07) is 2.36. The summed E-state index contributed by atoms with van der Waals surface area (Å²) in [7, 11) is 1.93. The van der Waals surface area contributed by atoms with Gasteiger partial charge in [0.2, 0.25) is 0 Å². The van der Waals surface area contributed by atoms with Gasteiger partial charge in [0, 0.05) is 45.5 Å². The molecule has 1 aromatic heterocycles. The van der Waals surface area contributed by atoms with Crippen molar-refractivity contribution in [2.45, 2.75) is 33.4 Å². The third-order valence-electron chi connectivity index (χ3n) is 4.11. The molecular formula is C19H35IN6. The van der Waals surface area contributed by atoms with Gasteiger partial charge in [-0.15, -0.1) is 37.1 Å². The fourth-order valence-electron chi connectivity index (χ4n) is 2.72. The minimum atomic E-state index is 0. The van der Waals surface area contributed by atoms with Crippen LogP contribution in [0.1, 0.15) is 26.5 Å². The van der Waals surface area contributed by atoms with E-state index in [4.69, 9.17) is 0 Å². The zero-order chi connectivity index (χ0) is 18.7. The third-order valence-corrected chi connectivity index (χ3v) is 4.11. The quantitative estimate of drug-likeness (QED) is 0.224. The summed E-state index contributed by atoms with van der Waals surface area (Å²) >= 11 is 0. The van der Waals surface area contributed by atoms with Crippen LogP contribution in [0.2, 0.25) is 0 Å². The van der Waals surface area contributed by atoms with Crippen LogP contribution in [-0.4, -0.2) is 52.9 Å². The van der Waals surface area contributed by atoms with Crippen LogP contribution in [0, 0.1) is 5.92 Å². The lowest BCUT2D eigenvalue weighted by molar-refractivity contribution is 0.190. The van der Waals surface area contributed by atoms with E-state index in [0.717, 1.165) is 37.8 Å². The van der Waals surface area contributed by atoms with E-state index in [9.17, 15) is 0 Å². The summed E-state index contributed by atoms with van der Waals surface area (Å²) < 4.78 is 1.85. The Balaban J connectivity index is 0.00000625. The maximum Gasteiger partial charge on any atom is 0.191 e. The molecule has 0 radical (unpaired) electrons. The monoisotopic (exact) mass is 474 g/mol. The first-order chi connectivity index (χ1) is 12.0. The molecule has 0 saturated heterocycles. The second-order valence-electron chi connectivity index (χ2n) is 6.36. The fraction of sp³-hybridized carbons (Fsp3) is 0.579. The SMILES string of the molecule is C=CCN(CC=C)C(CNC(=NCc1ccnn1C)NCC)C(C)C.I. The van der Waals surface area contributed by atoms with Crippen molar-refractivity contribution in [2.75, 3.05) is 26.2 Å². The zero-order valence-electron chi connectivity index (χ0n) is 16.6. The Labute approximate surface area is 175 Å². The van der Waals surface area contributed by atoms with Crippen molar-refractivity contribution in [2.24, 2.45) is 18.0 Å². The van der Waals surface area contributed by atoms with Crippen molar-refractivity contribution in [3.05, 3.63) is 43.3 Å². The Morgan fingerprint density at radius 1 is 1.31 bits per heavy atom. The first-order valence-corrected chi connectivity index (χ1v) is 8.98. The first-order valence-electron chi connectivity index (χ1n) is 8.98. The van der Waals surface area contributed by atoms with E-state index >= 15 is 0 Å². The normalized spacial score (nSPS) is 12.6. The highest BCUT2D eigenvalue weighted by Crippen LogP contribution is 2.10. The molecule has 0 fully saturated rings. The Morgan fingerprint density at radius 3 is 2.42 bits per heavy atom. The molecule has 1 unspecified atom stereocenters. The lowest BCUT2D eigenvalue weighted by Gasteiger charge is -2.33. The Morgan fingerprint density at radius 2 is 1.96 bits per heavy atom. The first kappa shape index (κ1) is 24.7. The van der Waals surface area contributed by atoms with Gasteiger partial charge >= 0.3 is 0 Å². The third kappa shape index (κ3) is 8.35. The van der Waals surface area contributed by atoms with Crippen molar-refractivity contribution in [3.8, 4) is 0 Å². The molecule has 148 valence electrons. The van der Waals surface area contributed by atoms with Crippen molar-refractivity contribution in [1.29, 1.82) is 0 Å². The van der Waals surface area contributed by atoms with Crippen LogP contribution in [0.5, 0.6) is 0 Å². The molecular weight excluding hydrogens is 439 g/mol. The van der Waals surface area contributed by atoms with E-state index in [-0.39, 0.29) is 24.0 Å². The standard InChI is InChI=1S/C19H34N6.HI/c1-7-12-25(13-8-2)18(16(4)5)15-22-19(20-9-3)21-14-17-10-11-23-24(17)6;/h7-8,10-11,16,18H,1-2,9,12-15H2,3-6H3,(H2,20,21,22);1H. The van der Waals surface area contributed by atoms with Crippen LogP contribution in [0.15, 0.2) is 42.6 Å². The highest BCUT2D eigenvalue weighted by molar-refractivity contribution is 14.0. The Kier molecular flexibility index (Phi) is 13.1. The second kappa shape index (κ2) is 13.8. The molecule has 26 heavy (non-hydrogen) atoms. The number of nitrogens with zero attached hydrogens (tertiary/aromatic N) is 4. The number of hydrogen-bond donors (Lipinski definition) is 2. The number of hydrogen-bond acceptors (Lipinski definition) is 3. The molecule has 1 aromatic rings. The van der Waals surface area contributed by atoms with E-state index < -0.39 is 0 Å². The van der Waals surface area contributed by atoms with Gasteiger partial charge in [-0.2, -0.15) is 5.10 Å². The van der Waals surface area contributed by atoms with E-state index in [1.54, 1.807) is 6.20 Å². The predicted octanol–water partition coefficient (Wildman–Crippen LogP) is 2.79. The molecule has 1 rings (SSSR count). The van der Waals surface area contributed by atoms with Crippen molar-refractivity contribution >= 4 is 29.9 Å². The molecule has 0 aliphatic heterocycles. The average molecular weight is 474 g/mol. The van der Waals surface area contributed by atoms with Gasteiger partial charge in [0.15, 0.2) is 5.96 Å². The Hall–Kier alpha value is -1.35. The zero-order valence-corrected chi connectivity index (χ0v) is 18.9. The largest absolute Gasteiger partial charge is 0.357 e. The number of nitrogens with one attached hydrogen (secondary N) is 2. The minimum absolute atomic E-state index is 0. The van der Waals surface area contributed by atoms with Crippen LogP contribution in [0.25, 0.3) is 0 Å². The summed E-state index contributed by atoms with van der Waals surface area (Å²) in [4.78, 5) is 7.05. The van der Waals surface area contributed by atoms with Gasteiger partial charge in [-0.25, -0.2) is 4.99 Å². The molecule has 0 aliphatic rings. The topological polar surface area (TPSA) is 57.5 Å². The minimum Gasteiger partial charge on any atom is -0.357 e. The molecule has 0 aromatic carbocycles. The fourth-order valence-corrected chi connectivity index (χ4v) is 2.72. The van der Waals surface area contributed by atoms with Gasteiger partial charge in [0.25, 0.3) is 0 Å². The van der Waals surface area contributed by atoms with Crippen LogP contribution in [0.4, 0.5) is 0 Å². The van der Waals surface area contributed by atoms with Crippen LogP contribution in [0.3, 0.4) is 0 Å². The van der Waals surface area contributed by atoms with Gasteiger partial charge in [-0.05, 0) is 18.9 Å². The summed E-state index contributed by atoms with van der Waals surface area (Å²) in [5.74, 6) is 1.33. The lowest BCUT2D eigenvalue weighted by atomic mass is 10.0. The molecule has 1 atom stereocenters. The average Bonchev–Trinajstić information content (AvgIpc) is 2.97. The van der Waals surface area contributed by atoms with Gasteiger partial charge in [-0.3, -0.25) is 9.58 Å². The second-order valence-corrected chi connectivity index (χ2v) is 6.36. The Bertz CT molecular complexity index is 542. The number of aryl methyl sites for hydroxylation is 1. The number of aliphatic imine (C=N–C) groups is 1. The molecule has 0 saturated carbocycles. The van der Waals surface area contributed by atoms with E-state index in [2.05, 4.69) is 59.6 Å². The number of halogens is 1. The molecule has 6 nitrogen and oxygen atoms in total. The molecule has 1 heterocycles. The maximum atomic E-state index is 4.67. The van der Waals surface area contributed by atoms with Gasteiger partial charge in [0.1, 0.15) is 0 Å². The molecule has 7 heteroatoms. The van der Waals surface area contributed by atoms with Crippen LogP contribution < -0.4 is 10.6 Å². The number of rotatable bonds is 11. The van der Waals surface area contributed by atoms with Gasteiger partial charge in [-0.1, -0.05) is 26.0 Å². The van der Waals surface area contributed by atoms with Crippen LogP contribution >= 0.6 is 24.0 Å². The van der Waals surface area contributed by atoms with Crippen molar-refractivity contribution in [1.82, 2.24) is 25.3 Å². The predicted molar refractivity (Wildman–Crippen MR) is 122 cm³/mol. The van der Waals surface area contributed by atoms with E-state index in [0.29, 0.717) is 18.5 Å². The smallest absolute Gasteiger partial charge is 0.191 e. The maximum absolute atomic E-state index is 4.67. The summed E-state index contributed by atoms with van der Waals surface area (Å²) in [6.07, 6.45) is 5.68. The summed E-state index contributed by atoms with van der Waals surface area (Å²) in [5.41, 5.74) is 1.08. The molecule has 0 amide bonds. The van der Waals surface area contributed by atoms with Crippen LogP contribution in [-0.2, 0) is 13.6 Å². The molecule has 0 spiro atoms. The van der Waals surface area contributed by atoms with Gasteiger partial charge < -0.3 is 10.6 Å². The molecule has 0 aliphatic carbocycles. The summed E-state index contributed by atoms with van der Waals surface area (Å²) in [6.45, 7) is 18.2. The number of guanidine groups is 1. The van der Waals surface area contributed by atoms with Crippen molar-refractivity contribution < 1.29 is 0 Å². The molecule has 0 bridgehead atoms. The molecule has 2 N–H and O–H groups in total. The highest BCUT2D eigenvalue weighted by Gasteiger charge is 2.20. The van der Waals surface area contributed by atoms with E-state index in [1.165, 1.54) is 0 Å². The highest BCUT2D eigenvalue weighted by atomic mass is 127. The lowest BCUT2D eigenvalue weighted by Crippen LogP contribution is -2.49. The van der Waals surface area contributed by atoms with Crippen molar-refractivity contribution in [3.63, 3.8) is 0 Å². The number of aromatic nitrogens is 2. The summed E-state index contributed by atoms with van der Waals surface area (Å²) in [5, 5.41) is 11.0. The van der Waals surface area contributed by atoms with E-state index in [1.807, 2.05) is 29.9 Å².